The van der Waals surface area contributed by atoms with Crippen LogP contribution in [-0.2, 0) is 4.74 Å². The van der Waals surface area contributed by atoms with Crippen LogP contribution in [0.4, 0.5) is 0 Å². The van der Waals surface area contributed by atoms with Gasteiger partial charge in [-0.3, -0.25) is 9.69 Å². The number of para-hydroxylation sites is 1. The van der Waals surface area contributed by atoms with E-state index in [0.29, 0.717) is 34.3 Å². The first kappa shape index (κ1) is 16.6. The van der Waals surface area contributed by atoms with Gasteiger partial charge in [0.15, 0.2) is 0 Å². The molecule has 0 spiro atoms. The molecule has 5 nitrogen and oxygen atoms in total. The van der Waals surface area contributed by atoms with E-state index < -0.39 is 0 Å². The molecular weight excluding hydrogens is 330 g/mol. The average Bonchev–Trinajstić information content (AvgIpc) is 2.68. The van der Waals surface area contributed by atoms with Gasteiger partial charge in [0.25, 0.3) is 0 Å². The highest BCUT2D eigenvalue weighted by Gasteiger charge is 2.09. The van der Waals surface area contributed by atoms with Crippen molar-refractivity contribution in [2.24, 2.45) is 0 Å². The van der Waals surface area contributed by atoms with Gasteiger partial charge in [-0.1, -0.05) is 24.0 Å². The maximum absolute atomic E-state index is 12.5. The molecule has 0 N–H and O–H groups in total. The molecule has 0 unspecified atom stereocenters. The summed E-state index contributed by atoms with van der Waals surface area (Å²) >= 11 is 0. The van der Waals surface area contributed by atoms with Crippen molar-refractivity contribution in [3.63, 3.8) is 0 Å². The lowest BCUT2D eigenvalue weighted by atomic mass is 10.1. The fourth-order valence-corrected chi connectivity index (χ4v) is 2.97. The minimum absolute atomic E-state index is 0.0290. The quantitative estimate of drug-likeness (QED) is 0.537. The van der Waals surface area contributed by atoms with Gasteiger partial charge in [0.2, 0.25) is 5.43 Å². The Labute approximate surface area is 151 Å². The Balaban J connectivity index is 1.46. The third-order valence-corrected chi connectivity index (χ3v) is 4.39. The van der Waals surface area contributed by atoms with Crippen LogP contribution in [0.15, 0.2) is 51.7 Å². The molecule has 26 heavy (non-hydrogen) atoms. The maximum atomic E-state index is 12.5. The van der Waals surface area contributed by atoms with E-state index in [1.807, 2.05) is 12.1 Å². The van der Waals surface area contributed by atoms with E-state index >= 15 is 0 Å². The third kappa shape index (κ3) is 3.57. The van der Waals surface area contributed by atoms with Crippen LogP contribution in [0, 0.1) is 11.8 Å². The Morgan fingerprint density at radius 1 is 1.00 bits per heavy atom. The number of fused-ring (bicyclic) bond motifs is 2. The molecule has 4 rings (SSSR count). The summed E-state index contributed by atoms with van der Waals surface area (Å²) in [5, 5.41) is 1.14. The first-order valence-corrected chi connectivity index (χ1v) is 8.65. The molecule has 1 aromatic heterocycles. The second-order valence-electron chi connectivity index (χ2n) is 6.12. The molecule has 0 radical (unpaired) electrons. The lowest BCUT2D eigenvalue weighted by Crippen LogP contribution is -2.36. The van der Waals surface area contributed by atoms with E-state index in [1.54, 1.807) is 30.3 Å². The topological polar surface area (TPSA) is 51.9 Å². The van der Waals surface area contributed by atoms with Crippen molar-refractivity contribution < 1.29 is 13.9 Å². The summed E-state index contributed by atoms with van der Waals surface area (Å²) in [6.07, 6.45) is 0. The first-order chi connectivity index (χ1) is 12.8. The normalized spacial score (nSPS) is 14.9. The number of hydrogen-bond acceptors (Lipinski definition) is 5. The zero-order chi connectivity index (χ0) is 17.8. The molecule has 1 saturated heterocycles. The number of morpholine rings is 1. The average molecular weight is 349 g/mol. The molecule has 0 amide bonds. The van der Waals surface area contributed by atoms with Crippen LogP contribution < -0.4 is 10.2 Å². The molecule has 0 saturated carbocycles. The van der Waals surface area contributed by atoms with Gasteiger partial charge in [0, 0.05) is 19.2 Å². The predicted octanol–water partition coefficient (Wildman–Crippen LogP) is 2.66. The highest BCUT2D eigenvalue weighted by Crippen LogP contribution is 2.22. The maximum Gasteiger partial charge on any atom is 0.200 e. The highest BCUT2D eigenvalue weighted by atomic mass is 16.5. The van der Waals surface area contributed by atoms with Gasteiger partial charge in [-0.15, -0.1) is 0 Å². The van der Waals surface area contributed by atoms with Crippen LogP contribution in [0.2, 0.25) is 0 Å². The Kier molecular flexibility index (Phi) is 4.87. The summed E-state index contributed by atoms with van der Waals surface area (Å²) in [6, 6.07) is 12.5. The zero-order valence-corrected chi connectivity index (χ0v) is 14.4. The molecule has 132 valence electrons. The molecule has 3 aromatic rings. The van der Waals surface area contributed by atoms with Gasteiger partial charge < -0.3 is 13.9 Å². The van der Waals surface area contributed by atoms with Gasteiger partial charge in [0.1, 0.15) is 23.5 Å². The van der Waals surface area contributed by atoms with E-state index in [2.05, 4.69) is 16.7 Å². The zero-order valence-electron chi connectivity index (χ0n) is 14.4. The summed E-state index contributed by atoms with van der Waals surface area (Å²) in [5.41, 5.74) is 1.07. The number of benzene rings is 2. The van der Waals surface area contributed by atoms with Gasteiger partial charge >= 0.3 is 0 Å². The van der Waals surface area contributed by atoms with Crippen LogP contribution in [0.25, 0.3) is 21.9 Å². The molecule has 2 aromatic carbocycles. The number of rotatable bonds is 3. The first-order valence-electron chi connectivity index (χ1n) is 8.65. The Morgan fingerprint density at radius 2 is 1.81 bits per heavy atom. The second-order valence-corrected chi connectivity index (χ2v) is 6.12. The number of nitrogens with zero attached hydrogens (tertiary/aromatic N) is 1. The minimum atomic E-state index is -0.0290. The molecule has 5 heteroatoms. The van der Waals surface area contributed by atoms with E-state index in [0.717, 1.165) is 32.8 Å². The van der Waals surface area contributed by atoms with Crippen LogP contribution in [0.5, 0.6) is 5.75 Å². The summed E-state index contributed by atoms with van der Waals surface area (Å²) in [5.74, 6) is 6.78. The summed E-state index contributed by atoms with van der Waals surface area (Å²) < 4.78 is 16.8. The number of ether oxygens (including phenoxy) is 2. The van der Waals surface area contributed by atoms with Gasteiger partial charge in [-0.25, -0.2) is 0 Å². The van der Waals surface area contributed by atoms with Crippen LogP contribution in [-0.4, -0.2) is 44.4 Å². The molecule has 1 aliphatic heterocycles. The summed E-state index contributed by atoms with van der Waals surface area (Å²) in [7, 11) is 0. The van der Waals surface area contributed by atoms with Gasteiger partial charge in [-0.2, -0.15) is 0 Å². The molecular formula is C21H19NO4. The van der Waals surface area contributed by atoms with Crippen LogP contribution in [0.1, 0.15) is 0 Å². The fraction of sp³-hybridized carbons (Fsp3) is 0.286. The standard InChI is InChI=1S/C21H19NO4/c23-21-17-5-1-2-6-19(17)26-20-15-16(7-8-18(20)21)25-12-4-3-9-22-10-13-24-14-11-22/h1-2,5-8,15H,9-14H2. The summed E-state index contributed by atoms with van der Waals surface area (Å²) in [4.78, 5) is 14.8. The van der Waals surface area contributed by atoms with Crippen molar-refractivity contribution in [2.75, 3.05) is 39.5 Å². The third-order valence-electron chi connectivity index (χ3n) is 4.39. The van der Waals surface area contributed by atoms with Gasteiger partial charge in [0.05, 0.1) is 30.5 Å². The lowest BCUT2D eigenvalue weighted by Gasteiger charge is -2.24. The smallest absolute Gasteiger partial charge is 0.200 e. The summed E-state index contributed by atoms with van der Waals surface area (Å²) in [6.45, 7) is 4.42. The Bertz CT molecular complexity index is 1040. The van der Waals surface area contributed by atoms with Crippen molar-refractivity contribution in [2.45, 2.75) is 0 Å². The van der Waals surface area contributed by atoms with Crippen molar-refractivity contribution in [3.8, 4) is 17.6 Å². The van der Waals surface area contributed by atoms with Crippen molar-refractivity contribution in [1.82, 2.24) is 4.90 Å². The van der Waals surface area contributed by atoms with Crippen molar-refractivity contribution in [3.05, 3.63) is 52.7 Å². The van der Waals surface area contributed by atoms with Crippen molar-refractivity contribution in [1.29, 1.82) is 0 Å². The van der Waals surface area contributed by atoms with E-state index in [9.17, 15) is 4.79 Å². The molecule has 1 aliphatic rings. The highest BCUT2D eigenvalue weighted by molar-refractivity contribution is 5.90. The monoisotopic (exact) mass is 349 g/mol. The van der Waals surface area contributed by atoms with Gasteiger partial charge in [-0.05, 0) is 24.3 Å². The lowest BCUT2D eigenvalue weighted by molar-refractivity contribution is 0.0443. The van der Waals surface area contributed by atoms with E-state index in [-0.39, 0.29) is 5.43 Å². The molecule has 1 fully saturated rings. The van der Waals surface area contributed by atoms with Crippen LogP contribution in [0.3, 0.4) is 0 Å². The SMILES string of the molecule is O=c1c2ccccc2oc2cc(OCC#CCN3CCOCC3)ccc12. The van der Waals surface area contributed by atoms with E-state index in [4.69, 9.17) is 13.9 Å². The predicted molar refractivity (Wildman–Crippen MR) is 101 cm³/mol. The second kappa shape index (κ2) is 7.61. The van der Waals surface area contributed by atoms with E-state index in [1.165, 1.54) is 0 Å². The molecule has 0 atom stereocenters. The molecule has 2 heterocycles. The van der Waals surface area contributed by atoms with Crippen LogP contribution >= 0.6 is 0 Å². The largest absolute Gasteiger partial charge is 0.481 e. The Hall–Kier alpha value is -2.81. The molecule has 0 aliphatic carbocycles. The fourth-order valence-electron chi connectivity index (χ4n) is 2.97. The van der Waals surface area contributed by atoms with Crippen molar-refractivity contribution >= 4 is 21.9 Å². The number of hydrogen-bond donors (Lipinski definition) is 0. The molecule has 0 bridgehead atoms. The minimum Gasteiger partial charge on any atom is -0.481 e. The Morgan fingerprint density at radius 3 is 2.69 bits per heavy atom.